The van der Waals surface area contributed by atoms with Crippen molar-refractivity contribution in [2.75, 3.05) is 11.1 Å². The number of nitrogens with one attached hydrogen (secondary N) is 1. The zero-order valence-electron chi connectivity index (χ0n) is 8.11. The Morgan fingerprint density at radius 1 is 1.44 bits per heavy atom. The molecule has 0 fully saturated rings. The third-order valence-electron chi connectivity index (χ3n) is 1.85. The fraction of sp³-hybridized carbons (Fsp3) is 0. The Hall–Kier alpha value is -2.37. The van der Waals surface area contributed by atoms with E-state index in [-0.39, 0.29) is 17.1 Å². The molecule has 1 amide bonds. The Morgan fingerprint density at radius 2 is 2.25 bits per heavy atom. The largest absolute Gasteiger partial charge is 0.399 e. The Bertz CT molecular complexity index is 491. The third-order valence-corrected chi connectivity index (χ3v) is 1.85. The number of halogens is 1. The number of amides is 1. The summed E-state index contributed by atoms with van der Waals surface area (Å²) in [6, 6.07) is 5.17. The normalized spacial score (nSPS) is 10.1. The maximum atomic E-state index is 13.0. The molecule has 5 nitrogen and oxygen atoms in total. The molecule has 2 aromatic rings. The first-order valence-corrected chi connectivity index (χ1v) is 4.43. The summed E-state index contributed by atoms with van der Waals surface area (Å²) in [5.41, 5.74) is 6.04. The van der Waals surface area contributed by atoms with Crippen LogP contribution in [0.25, 0.3) is 0 Å². The molecule has 0 radical (unpaired) electrons. The molecule has 0 bridgehead atoms. The Morgan fingerprint density at radius 3 is 2.88 bits per heavy atom. The number of hydrogen-bond acceptors (Lipinski definition) is 4. The fourth-order valence-electron chi connectivity index (χ4n) is 1.21. The number of benzene rings is 1. The van der Waals surface area contributed by atoms with Gasteiger partial charge in [0.1, 0.15) is 12.1 Å². The van der Waals surface area contributed by atoms with Gasteiger partial charge in [-0.05, 0) is 18.2 Å². The number of rotatable bonds is 2. The first kappa shape index (κ1) is 10.2. The second-order valence-corrected chi connectivity index (χ2v) is 3.11. The molecule has 3 N–H and O–H groups in total. The monoisotopic (exact) mass is 221 g/mol. The van der Waals surface area contributed by atoms with Gasteiger partial charge in [0, 0.05) is 17.4 Å². The fourth-order valence-corrected chi connectivity index (χ4v) is 1.21. The highest BCUT2D eigenvalue weighted by molar-refractivity contribution is 6.02. The molecule has 2 rings (SSSR count). The molecule has 0 unspecified atom stereocenters. The number of carbonyl (C=O) groups excluding carboxylic acids is 1. The first-order chi connectivity index (χ1) is 7.65. The predicted octanol–water partition coefficient (Wildman–Crippen LogP) is 1.65. The Labute approximate surface area is 90.0 Å². The van der Waals surface area contributed by atoms with E-state index in [2.05, 4.69) is 15.0 Å². The van der Waals surface area contributed by atoms with E-state index in [4.69, 9.17) is 5.73 Å². The van der Waals surface area contributed by atoms with Gasteiger partial charge in [0.25, 0.3) is 5.91 Å². The van der Waals surface area contributed by atoms with Crippen LogP contribution in [0.1, 0.15) is 10.5 Å². The molecule has 82 valence electrons. The molecule has 0 saturated heterocycles. The van der Waals surface area contributed by atoms with E-state index in [0.717, 1.165) is 12.1 Å². The molecule has 0 spiro atoms. The van der Waals surface area contributed by atoms with Crippen LogP contribution in [0, 0.1) is 5.82 Å². The van der Waals surface area contributed by atoms with Crippen LogP contribution in [0.4, 0.5) is 15.8 Å². The molecule has 0 aliphatic carbocycles. The molecule has 16 heavy (non-hydrogen) atoms. The minimum atomic E-state index is -0.518. The lowest BCUT2D eigenvalue weighted by Crippen LogP contribution is -2.12. The van der Waals surface area contributed by atoms with Crippen molar-refractivity contribution in [3.05, 3.63) is 42.0 Å². The van der Waals surface area contributed by atoms with Crippen molar-refractivity contribution in [3.8, 4) is 0 Å². The van der Waals surface area contributed by atoms with Crippen molar-refractivity contribution in [1.82, 2.24) is 5.16 Å². The molecular weight excluding hydrogens is 213 g/mol. The number of anilines is 2. The lowest BCUT2D eigenvalue weighted by Gasteiger charge is -2.04. The summed E-state index contributed by atoms with van der Waals surface area (Å²) in [6.45, 7) is 0. The van der Waals surface area contributed by atoms with Crippen molar-refractivity contribution in [3.63, 3.8) is 0 Å². The Balaban J connectivity index is 2.18. The van der Waals surface area contributed by atoms with Crippen LogP contribution in [-0.2, 0) is 0 Å². The molecule has 1 aromatic carbocycles. The molecule has 0 atom stereocenters. The van der Waals surface area contributed by atoms with Crippen molar-refractivity contribution in [1.29, 1.82) is 0 Å². The standard InChI is InChI=1S/C10H8FN3O2/c11-6-3-7(12)5-8(4-6)13-10(15)9-1-2-16-14-9/h1-5H,12H2,(H,13,15). The maximum absolute atomic E-state index is 13.0. The van der Waals surface area contributed by atoms with Crippen LogP contribution in [0.2, 0.25) is 0 Å². The summed E-state index contributed by atoms with van der Waals surface area (Å²) in [7, 11) is 0. The van der Waals surface area contributed by atoms with Gasteiger partial charge in [-0.2, -0.15) is 0 Å². The zero-order chi connectivity index (χ0) is 11.5. The van der Waals surface area contributed by atoms with Gasteiger partial charge in [0.15, 0.2) is 5.69 Å². The van der Waals surface area contributed by atoms with E-state index in [1.807, 2.05) is 0 Å². The molecule has 0 aliphatic rings. The third kappa shape index (κ3) is 2.17. The summed E-state index contributed by atoms with van der Waals surface area (Å²) in [5.74, 6) is -1.01. The molecule has 6 heteroatoms. The van der Waals surface area contributed by atoms with E-state index < -0.39 is 11.7 Å². The topological polar surface area (TPSA) is 81.1 Å². The van der Waals surface area contributed by atoms with Gasteiger partial charge in [-0.25, -0.2) is 4.39 Å². The summed E-state index contributed by atoms with van der Waals surface area (Å²) >= 11 is 0. The number of nitrogens with zero attached hydrogens (tertiary/aromatic N) is 1. The molecular formula is C10H8FN3O2. The highest BCUT2D eigenvalue weighted by atomic mass is 19.1. The summed E-state index contributed by atoms with van der Waals surface area (Å²) in [6.07, 6.45) is 1.27. The lowest BCUT2D eigenvalue weighted by molar-refractivity contribution is 0.101. The number of nitrogen functional groups attached to an aromatic ring is 1. The van der Waals surface area contributed by atoms with Crippen LogP contribution in [-0.4, -0.2) is 11.1 Å². The number of aromatic nitrogens is 1. The first-order valence-electron chi connectivity index (χ1n) is 4.43. The van der Waals surface area contributed by atoms with E-state index in [1.165, 1.54) is 18.4 Å². The van der Waals surface area contributed by atoms with Crippen molar-refractivity contribution in [2.45, 2.75) is 0 Å². The van der Waals surface area contributed by atoms with Crippen LogP contribution >= 0.6 is 0 Å². The van der Waals surface area contributed by atoms with Gasteiger partial charge < -0.3 is 15.6 Å². The van der Waals surface area contributed by atoms with Gasteiger partial charge in [-0.3, -0.25) is 4.79 Å². The van der Waals surface area contributed by atoms with Crippen molar-refractivity contribution < 1.29 is 13.7 Å². The minimum Gasteiger partial charge on any atom is -0.399 e. The highest BCUT2D eigenvalue weighted by Gasteiger charge is 2.09. The number of hydrogen-bond donors (Lipinski definition) is 2. The summed E-state index contributed by atoms with van der Waals surface area (Å²) < 4.78 is 17.5. The van der Waals surface area contributed by atoms with E-state index >= 15 is 0 Å². The number of carbonyl (C=O) groups is 1. The summed E-state index contributed by atoms with van der Waals surface area (Å²) in [5, 5.41) is 5.89. The van der Waals surface area contributed by atoms with E-state index in [0.29, 0.717) is 0 Å². The van der Waals surface area contributed by atoms with Crippen LogP contribution in [0.3, 0.4) is 0 Å². The van der Waals surface area contributed by atoms with E-state index in [9.17, 15) is 9.18 Å². The second-order valence-electron chi connectivity index (χ2n) is 3.11. The molecule has 1 aromatic heterocycles. The van der Waals surface area contributed by atoms with Crippen molar-refractivity contribution >= 4 is 17.3 Å². The quantitative estimate of drug-likeness (QED) is 0.755. The van der Waals surface area contributed by atoms with Crippen LogP contribution in [0.5, 0.6) is 0 Å². The zero-order valence-corrected chi connectivity index (χ0v) is 8.11. The van der Waals surface area contributed by atoms with Gasteiger partial charge in [0.05, 0.1) is 0 Å². The van der Waals surface area contributed by atoms with Gasteiger partial charge in [-0.15, -0.1) is 0 Å². The second kappa shape index (κ2) is 4.01. The predicted molar refractivity (Wildman–Crippen MR) is 55.3 cm³/mol. The van der Waals surface area contributed by atoms with E-state index in [1.54, 1.807) is 0 Å². The molecule has 0 aliphatic heterocycles. The van der Waals surface area contributed by atoms with Crippen LogP contribution in [0.15, 0.2) is 35.1 Å². The Kier molecular flexibility index (Phi) is 2.55. The minimum absolute atomic E-state index is 0.114. The smallest absolute Gasteiger partial charge is 0.277 e. The lowest BCUT2D eigenvalue weighted by atomic mass is 10.2. The summed E-state index contributed by atoms with van der Waals surface area (Å²) in [4.78, 5) is 11.5. The van der Waals surface area contributed by atoms with Gasteiger partial charge in [-0.1, -0.05) is 5.16 Å². The highest BCUT2D eigenvalue weighted by Crippen LogP contribution is 2.16. The SMILES string of the molecule is Nc1cc(F)cc(NC(=O)c2ccon2)c1. The molecule has 1 heterocycles. The number of nitrogens with two attached hydrogens (primary N) is 1. The average molecular weight is 221 g/mol. The maximum Gasteiger partial charge on any atom is 0.277 e. The van der Waals surface area contributed by atoms with Crippen molar-refractivity contribution in [2.24, 2.45) is 0 Å². The van der Waals surface area contributed by atoms with Gasteiger partial charge in [0.2, 0.25) is 0 Å². The molecule has 0 saturated carbocycles. The average Bonchev–Trinajstić information content (AvgIpc) is 2.68. The van der Waals surface area contributed by atoms with Crippen LogP contribution < -0.4 is 11.1 Å². The van der Waals surface area contributed by atoms with Gasteiger partial charge >= 0.3 is 0 Å².